The van der Waals surface area contributed by atoms with Gasteiger partial charge in [0.2, 0.25) is 11.8 Å². The molecule has 1 aliphatic heterocycles. The summed E-state index contributed by atoms with van der Waals surface area (Å²) in [4.78, 5) is 50.6. The number of amides is 4. The summed E-state index contributed by atoms with van der Waals surface area (Å²) in [5, 5.41) is 0.334. The number of rotatable bonds is 4. The second-order valence-electron chi connectivity index (χ2n) is 7.11. The van der Waals surface area contributed by atoms with E-state index in [0.29, 0.717) is 5.02 Å². The second-order valence-corrected chi connectivity index (χ2v) is 7.55. The van der Waals surface area contributed by atoms with Crippen LogP contribution in [0.5, 0.6) is 5.75 Å². The Labute approximate surface area is 165 Å². The van der Waals surface area contributed by atoms with Gasteiger partial charge >= 0.3 is 0 Å². The van der Waals surface area contributed by atoms with E-state index in [4.69, 9.17) is 16.3 Å². The lowest BCUT2D eigenvalue weighted by atomic mass is 9.85. The lowest BCUT2D eigenvalue weighted by molar-refractivity contribution is -0.144. The Morgan fingerprint density at radius 2 is 1.79 bits per heavy atom. The Morgan fingerprint density at radius 3 is 2.39 bits per heavy atom. The molecule has 4 amide bonds. The summed E-state index contributed by atoms with van der Waals surface area (Å²) in [6, 6.07) is 4.50. The molecule has 1 aromatic carbocycles. The van der Waals surface area contributed by atoms with Crippen molar-refractivity contribution in [1.29, 1.82) is 0 Å². The Morgan fingerprint density at radius 1 is 1.14 bits per heavy atom. The minimum Gasteiger partial charge on any atom is -0.496 e. The van der Waals surface area contributed by atoms with Gasteiger partial charge in [-0.1, -0.05) is 23.8 Å². The fourth-order valence-electron chi connectivity index (χ4n) is 4.35. The maximum Gasteiger partial charge on any atom is 0.273 e. The zero-order valence-corrected chi connectivity index (χ0v) is 15.7. The van der Waals surface area contributed by atoms with Crippen LogP contribution in [0.25, 0.3) is 0 Å². The van der Waals surface area contributed by atoms with Crippen LogP contribution in [0.3, 0.4) is 0 Å². The quantitative estimate of drug-likeness (QED) is 0.442. The number of fused-ring (bicyclic) bond motifs is 5. The smallest absolute Gasteiger partial charge is 0.273 e. The number of likely N-dealkylation sites (tertiary alicyclic amines) is 1. The summed E-state index contributed by atoms with van der Waals surface area (Å²) in [6.07, 6.45) is 4.79. The number of carbonyl (C=O) groups excluding carboxylic acids is 4. The van der Waals surface area contributed by atoms with Crippen LogP contribution < -0.4 is 15.6 Å². The summed E-state index contributed by atoms with van der Waals surface area (Å²) < 4.78 is 5.10. The highest BCUT2D eigenvalue weighted by Crippen LogP contribution is 2.52. The van der Waals surface area contributed by atoms with Gasteiger partial charge in [0.05, 0.1) is 24.5 Å². The van der Waals surface area contributed by atoms with Crippen LogP contribution in [0.15, 0.2) is 30.4 Å². The van der Waals surface area contributed by atoms with Crippen LogP contribution in [0.2, 0.25) is 5.02 Å². The van der Waals surface area contributed by atoms with Crippen LogP contribution in [0, 0.1) is 23.7 Å². The van der Waals surface area contributed by atoms with E-state index in [1.165, 1.54) is 19.2 Å². The normalized spacial score (nSPS) is 27.1. The number of nitrogens with one attached hydrogen (secondary N) is 2. The number of hydrazine groups is 1. The van der Waals surface area contributed by atoms with Crippen LogP contribution in [-0.4, -0.2) is 42.2 Å². The lowest BCUT2D eigenvalue weighted by Gasteiger charge is -2.17. The maximum absolute atomic E-state index is 12.6. The van der Waals surface area contributed by atoms with Gasteiger partial charge in [0.1, 0.15) is 12.3 Å². The van der Waals surface area contributed by atoms with Crippen LogP contribution in [0.1, 0.15) is 16.8 Å². The van der Waals surface area contributed by atoms with Gasteiger partial charge in [-0.05, 0) is 36.5 Å². The Bertz CT molecular complexity index is 885. The Kier molecular flexibility index (Phi) is 4.58. The fourth-order valence-corrected chi connectivity index (χ4v) is 4.53. The number of hydrogen-bond acceptors (Lipinski definition) is 5. The molecule has 1 heterocycles. The second kappa shape index (κ2) is 6.94. The van der Waals surface area contributed by atoms with Gasteiger partial charge in [-0.25, -0.2) is 0 Å². The van der Waals surface area contributed by atoms with Crippen molar-refractivity contribution in [3.05, 3.63) is 40.9 Å². The summed E-state index contributed by atoms with van der Waals surface area (Å²) in [7, 11) is 1.40. The predicted molar refractivity (Wildman–Crippen MR) is 98.0 cm³/mol. The number of carbonyl (C=O) groups is 4. The summed E-state index contributed by atoms with van der Waals surface area (Å²) in [5.41, 5.74) is 4.61. The predicted octanol–water partition coefficient (Wildman–Crippen LogP) is 0.917. The highest BCUT2D eigenvalue weighted by molar-refractivity contribution is 6.31. The van der Waals surface area contributed by atoms with Crippen molar-refractivity contribution in [2.75, 3.05) is 13.7 Å². The van der Waals surface area contributed by atoms with Gasteiger partial charge in [0.15, 0.2) is 0 Å². The van der Waals surface area contributed by atoms with E-state index in [0.717, 1.165) is 11.3 Å². The summed E-state index contributed by atoms with van der Waals surface area (Å²) in [6.45, 7) is -0.433. The first kappa shape index (κ1) is 18.5. The molecule has 4 atom stereocenters. The minimum atomic E-state index is -0.670. The van der Waals surface area contributed by atoms with E-state index >= 15 is 0 Å². The minimum absolute atomic E-state index is 0.0782. The molecule has 8 nitrogen and oxygen atoms in total. The van der Waals surface area contributed by atoms with E-state index in [9.17, 15) is 19.2 Å². The Hall–Kier alpha value is -2.87. The summed E-state index contributed by atoms with van der Waals surface area (Å²) in [5.74, 6) is -2.21. The van der Waals surface area contributed by atoms with E-state index in [2.05, 4.69) is 10.9 Å². The van der Waals surface area contributed by atoms with Gasteiger partial charge in [-0.2, -0.15) is 0 Å². The zero-order valence-electron chi connectivity index (χ0n) is 15.0. The van der Waals surface area contributed by atoms with Gasteiger partial charge in [-0.3, -0.25) is 34.9 Å². The molecule has 2 N–H and O–H groups in total. The molecule has 2 bridgehead atoms. The molecule has 4 unspecified atom stereocenters. The molecule has 1 aromatic rings. The van der Waals surface area contributed by atoms with Crippen molar-refractivity contribution in [3.8, 4) is 5.75 Å². The molecular formula is C19H18ClN3O5. The topological polar surface area (TPSA) is 105 Å². The van der Waals surface area contributed by atoms with Crippen LogP contribution in [0.4, 0.5) is 0 Å². The molecule has 0 radical (unpaired) electrons. The maximum atomic E-state index is 12.6. The first-order chi connectivity index (χ1) is 13.4. The van der Waals surface area contributed by atoms with Gasteiger partial charge in [0.25, 0.3) is 11.8 Å². The lowest BCUT2D eigenvalue weighted by Crippen LogP contribution is -2.48. The van der Waals surface area contributed by atoms with Crippen molar-refractivity contribution >= 4 is 35.2 Å². The van der Waals surface area contributed by atoms with Gasteiger partial charge < -0.3 is 4.74 Å². The van der Waals surface area contributed by atoms with Gasteiger partial charge in [0, 0.05) is 5.02 Å². The highest BCUT2D eigenvalue weighted by atomic mass is 35.5. The molecule has 2 aliphatic carbocycles. The van der Waals surface area contributed by atoms with E-state index < -0.39 is 18.4 Å². The molecular weight excluding hydrogens is 386 g/mol. The van der Waals surface area contributed by atoms with E-state index in [-0.39, 0.29) is 46.8 Å². The van der Waals surface area contributed by atoms with E-state index in [1.54, 1.807) is 6.07 Å². The molecule has 3 aliphatic rings. The number of benzene rings is 1. The third kappa shape index (κ3) is 2.93. The molecule has 9 heteroatoms. The molecule has 4 rings (SSSR count). The van der Waals surface area contributed by atoms with Crippen molar-refractivity contribution < 1.29 is 23.9 Å². The number of allylic oxidation sites excluding steroid dienone is 2. The third-order valence-electron chi connectivity index (χ3n) is 5.58. The van der Waals surface area contributed by atoms with Crippen molar-refractivity contribution in [2.24, 2.45) is 23.7 Å². The SMILES string of the molecule is COc1ccc(Cl)cc1C(=O)NNC(=O)CN1C(=O)C2C3C=CC(C3)C2C1=O. The third-order valence-corrected chi connectivity index (χ3v) is 5.82. The number of methoxy groups -OCH3 is 1. The number of imide groups is 1. The number of hydrogen-bond donors (Lipinski definition) is 2. The standard InChI is InChI=1S/C19H18ClN3O5/c1-28-13-5-4-11(20)7-12(13)17(25)22-21-14(24)8-23-18(26)15-9-2-3-10(6-9)16(15)19(23)27/h2-5,7,9-10,15-16H,6,8H2,1H3,(H,21,24)(H,22,25). The fraction of sp³-hybridized carbons (Fsp3) is 0.368. The number of nitrogens with zero attached hydrogens (tertiary/aromatic N) is 1. The number of halogens is 1. The monoisotopic (exact) mass is 403 g/mol. The van der Waals surface area contributed by atoms with Crippen molar-refractivity contribution in [1.82, 2.24) is 15.8 Å². The average molecular weight is 404 g/mol. The first-order valence-corrected chi connectivity index (χ1v) is 9.24. The van der Waals surface area contributed by atoms with Crippen molar-refractivity contribution in [3.63, 3.8) is 0 Å². The number of ether oxygens (including phenoxy) is 1. The molecule has 28 heavy (non-hydrogen) atoms. The summed E-state index contributed by atoms with van der Waals surface area (Å²) >= 11 is 5.89. The zero-order chi connectivity index (χ0) is 20.0. The highest BCUT2D eigenvalue weighted by Gasteiger charge is 2.59. The molecule has 1 saturated heterocycles. The first-order valence-electron chi connectivity index (χ1n) is 8.87. The average Bonchev–Trinajstić information content (AvgIpc) is 3.36. The van der Waals surface area contributed by atoms with E-state index in [1.807, 2.05) is 12.2 Å². The largest absolute Gasteiger partial charge is 0.496 e. The molecule has 146 valence electrons. The van der Waals surface area contributed by atoms with Gasteiger partial charge in [-0.15, -0.1) is 0 Å². The van der Waals surface area contributed by atoms with Crippen LogP contribution in [-0.2, 0) is 14.4 Å². The molecule has 0 aromatic heterocycles. The molecule has 2 fully saturated rings. The molecule has 0 spiro atoms. The Balaban J connectivity index is 1.37. The van der Waals surface area contributed by atoms with Crippen molar-refractivity contribution in [2.45, 2.75) is 6.42 Å². The van der Waals surface area contributed by atoms with Crippen LogP contribution >= 0.6 is 11.6 Å². The molecule has 1 saturated carbocycles.